The zero-order chi connectivity index (χ0) is 15.7. The second-order valence-corrected chi connectivity index (χ2v) is 5.92. The number of rotatable bonds is 3. The van der Waals surface area contributed by atoms with Gasteiger partial charge in [-0.25, -0.2) is 0 Å². The highest BCUT2D eigenvalue weighted by atomic mass is 35.5. The Bertz CT molecular complexity index is 729. The first kappa shape index (κ1) is 15.1. The van der Waals surface area contributed by atoms with Crippen LogP contribution in [0.2, 0.25) is 10.3 Å². The topological polar surface area (TPSA) is 73.9 Å². The van der Waals surface area contributed by atoms with E-state index in [9.17, 15) is 4.79 Å². The fraction of sp³-hybridized carbons (Fsp3) is 0.357. The molecule has 1 saturated heterocycles. The van der Waals surface area contributed by atoms with Crippen molar-refractivity contribution in [3.63, 3.8) is 0 Å². The number of anilines is 1. The molecule has 0 spiro atoms. The molecule has 2 aromatic rings. The van der Waals surface area contributed by atoms with Crippen LogP contribution in [-0.4, -0.2) is 44.9 Å². The van der Waals surface area contributed by atoms with E-state index in [-0.39, 0.29) is 17.2 Å². The Hall–Kier alpha value is -1.79. The largest absolute Gasteiger partial charge is 0.365 e. The Balaban J connectivity index is 1.85. The standard InChI is InChI=1S/C14H15Cl2N5O/c1-2-10(22)21-5-3-4-8(7-21)18-13-11-9(15)6-17-12(11)19-14(16)20-13/h2,6,8H,1,3-5,7H2,(H2,17,18,19,20)/t8-/m1/s1. The highest BCUT2D eigenvalue weighted by Gasteiger charge is 2.23. The van der Waals surface area contributed by atoms with Gasteiger partial charge in [-0.3, -0.25) is 4.79 Å². The normalized spacial score (nSPS) is 18.5. The van der Waals surface area contributed by atoms with E-state index >= 15 is 0 Å². The number of amides is 1. The van der Waals surface area contributed by atoms with E-state index in [4.69, 9.17) is 23.2 Å². The highest BCUT2D eigenvalue weighted by molar-refractivity contribution is 6.36. The van der Waals surface area contributed by atoms with Gasteiger partial charge in [-0.1, -0.05) is 18.2 Å². The van der Waals surface area contributed by atoms with Crippen LogP contribution < -0.4 is 5.32 Å². The molecule has 1 aliphatic rings. The molecule has 1 amide bonds. The third-order valence-corrected chi connectivity index (χ3v) is 4.17. The van der Waals surface area contributed by atoms with Gasteiger partial charge in [0.2, 0.25) is 11.2 Å². The summed E-state index contributed by atoms with van der Waals surface area (Å²) in [4.78, 5) is 24.8. The molecule has 1 aliphatic heterocycles. The first-order chi connectivity index (χ1) is 10.6. The van der Waals surface area contributed by atoms with Crippen molar-refractivity contribution in [3.05, 3.63) is 29.2 Å². The van der Waals surface area contributed by atoms with Gasteiger partial charge >= 0.3 is 0 Å². The Kier molecular flexibility index (Phi) is 4.22. The first-order valence-corrected chi connectivity index (χ1v) is 7.72. The minimum Gasteiger partial charge on any atom is -0.365 e. The number of aromatic nitrogens is 3. The fourth-order valence-electron chi connectivity index (χ4n) is 2.69. The summed E-state index contributed by atoms with van der Waals surface area (Å²) in [6, 6.07) is 0.0813. The van der Waals surface area contributed by atoms with E-state index in [1.807, 2.05) is 0 Å². The maximum Gasteiger partial charge on any atom is 0.246 e. The quantitative estimate of drug-likeness (QED) is 0.666. The molecule has 0 aliphatic carbocycles. The predicted molar refractivity (Wildman–Crippen MR) is 87.3 cm³/mol. The average Bonchev–Trinajstić information content (AvgIpc) is 2.88. The van der Waals surface area contributed by atoms with Gasteiger partial charge in [0, 0.05) is 25.3 Å². The summed E-state index contributed by atoms with van der Waals surface area (Å²) in [5, 5.41) is 4.71. The lowest BCUT2D eigenvalue weighted by Crippen LogP contribution is -2.44. The lowest BCUT2D eigenvalue weighted by molar-refractivity contribution is -0.127. The van der Waals surface area contributed by atoms with Gasteiger partial charge in [0.05, 0.1) is 10.4 Å². The minimum absolute atomic E-state index is 0.0583. The molecule has 2 N–H and O–H groups in total. The third-order valence-electron chi connectivity index (χ3n) is 3.70. The molecule has 1 atom stereocenters. The molecule has 3 rings (SSSR count). The maximum absolute atomic E-state index is 11.8. The average molecular weight is 340 g/mol. The number of H-pyrrole nitrogens is 1. The van der Waals surface area contributed by atoms with Crippen molar-refractivity contribution >= 4 is 46.0 Å². The molecular weight excluding hydrogens is 325 g/mol. The van der Waals surface area contributed by atoms with Crippen molar-refractivity contribution in [2.24, 2.45) is 0 Å². The number of fused-ring (bicyclic) bond motifs is 1. The van der Waals surface area contributed by atoms with Crippen LogP contribution in [0.1, 0.15) is 12.8 Å². The smallest absolute Gasteiger partial charge is 0.246 e. The number of carbonyl (C=O) groups is 1. The SMILES string of the molecule is C=CC(=O)N1CCC[C@@H](Nc2nc(Cl)nc3[nH]cc(Cl)c23)C1. The van der Waals surface area contributed by atoms with Crippen molar-refractivity contribution in [2.45, 2.75) is 18.9 Å². The zero-order valence-electron chi connectivity index (χ0n) is 11.8. The van der Waals surface area contributed by atoms with Crippen LogP contribution >= 0.6 is 23.2 Å². The van der Waals surface area contributed by atoms with Crippen LogP contribution in [-0.2, 0) is 4.79 Å². The van der Waals surface area contributed by atoms with Gasteiger partial charge < -0.3 is 15.2 Å². The van der Waals surface area contributed by atoms with Crippen molar-refractivity contribution in [1.82, 2.24) is 19.9 Å². The van der Waals surface area contributed by atoms with E-state index < -0.39 is 0 Å². The van der Waals surface area contributed by atoms with Crippen LogP contribution in [0.5, 0.6) is 0 Å². The Morgan fingerprint density at radius 1 is 1.50 bits per heavy atom. The van der Waals surface area contributed by atoms with Crippen LogP contribution in [0.4, 0.5) is 5.82 Å². The predicted octanol–water partition coefficient (Wildman–Crippen LogP) is 2.85. The van der Waals surface area contributed by atoms with Crippen molar-refractivity contribution in [3.8, 4) is 0 Å². The summed E-state index contributed by atoms with van der Waals surface area (Å²) < 4.78 is 0. The number of nitrogens with one attached hydrogen (secondary N) is 2. The number of piperidine rings is 1. The third kappa shape index (κ3) is 2.89. The fourth-order valence-corrected chi connectivity index (χ4v) is 3.09. The Morgan fingerprint density at radius 3 is 3.09 bits per heavy atom. The number of aromatic amines is 1. The number of halogens is 2. The molecule has 8 heteroatoms. The number of hydrogen-bond donors (Lipinski definition) is 2. The van der Waals surface area contributed by atoms with Gasteiger partial charge in [0.15, 0.2) is 0 Å². The molecule has 0 unspecified atom stereocenters. The van der Waals surface area contributed by atoms with E-state index in [0.29, 0.717) is 28.4 Å². The Morgan fingerprint density at radius 2 is 2.32 bits per heavy atom. The molecule has 0 radical (unpaired) electrons. The second-order valence-electron chi connectivity index (χ2n) is 5.17. The van der Waals surface area contributed by atoms with Gasteiger partial charge in [0.1, 0.15) is 11.5 Å². The van der Waals surface area contributed by atoms with Crippen LogP contribution in [0.3, 0.4) is 0 Å². The van der Waals surface area contributed by atoms with Crippen LogP contribution in [0.15, 0.2) is 18.9 Å². The van der Waals surface area contributed by atoms with E-state index in [2.05, 4.69) is 26.8 Å². The summed E-state index contributed by atoms with van der Waals surface area (Å²) >= 11 is 12.1. The van der Waals surface area contributed by atoms with Crippen molar-refractivity contribution < 1.29 is 4.79 Å². The molecule has 3 heterocycles. The van der Waals surface area contributed by atoms with E-state index in [1.165, 1.54) is 6.08 Å². The Labute approximate surface area is 137 Å². The lowest BCUT2D eigenvalue weighted by atomic mass is 10.1. The monoisotopic (exact) mass is 339 g/mol. The number of carbonyl (C=O) groups excluding carboxylic acids is 1. The van der Waals surface area contributed by atoms with Crippen molar-refractivity contribution in [1.29, 1.82) is 0 Å². The van der Waals surface area contributed by atoms with E-state index in [0.717, 1.165) is 19.4 Å². The number of hydrogen-bond acceptors (Lipinski definition) is 4. The van der Waals surface area contributed by atoms with Crippen LogP contribution in [0, 0.1) is 0 Å². The van der Waals surface area contributed by atoms with Gasteiger partial charge in [-0.15, -0.1) is 0 Å². The summed E-state index contributed by atoms with van der Waals surface area (Å²) in [6.07, 6.45) is 4.84. The minimum atomic E-state index is -0.0583. The molecule has 116 valence electrons. The second kappa shape index (κ2) is 6.14. The summed E-state index contributed by atoms with van der Waals surface area (Å²) in [5.41, 5.74) is 0.585. The molecule has 0 bridgehead atoms. The first-order valence-electron chi connectivity index (χ1n) is 6.96. The molecule has 6 nitrogen and oxygen atoms in total. The molecule has 0 saturated carbocycles. The van der Waals surface area contributed by atoms with Crippen LogP contribution in [0.25, 0.3) is 11.0 Å². The molecular formula is C14H15Cl2N5O. The highest BCUT2D eigenvalue weighted by Crippen LogP contribution is 2.30. The van der Waals surface area contributed by atoms with Crippen molar-refractivity contribution in [2.75, 3.05) is 18.4 Å². The summed E-state index contributed by atoms with van der Waals surface area (Å²) in [7, 11) is 0. The number of likely N-dealkylation sites (tertiary alicyclic amines) is 1. The van der Waals surface area contributed by atoms with Gasteiger partial charge in [-0.05, 0) is 30.5 Å². The summed E-state index contributed by atoms with van der Waals surface area (Å²) in [5.74, 6) is 0.524. The van der Waals surface area contributed by atoms with E-state index in [1.54, 1.807) is 11.1 Å². The molecule has 2 aromatic heterocycles. The summed E-state index contributed by atoms with van der Waals surface area (Å²) in [6.45, 7) is 4.87. The van der Waals surface area contributed by atoms with Gasteiger partial charge in [-0.2, -0.15) is 9.97 Å². The van der Waals surface area contributed by atoms with Gasteiger partial charge in [0.25, 0.3) is 0 Å². The zero-order valence-corrected chi connectivity index (χ0v) is 13.3. The number of nitrogens with zero attached hydrogens (tertiary/aromatic N) is 3. The lowest BCUT2D eigenvalue weighted by Gasteiger charge is -2.32. The molecule has 1 fully saturated rings. The maximum atomic E-state index is 11.8. The molecule has 22 heavy (non-hydrogen) atoms. The molecule has 0 aromatic carbocycles.